The summed E-state index contributed by atoms with van der Waals surface area (Å²) in [4.78, 5) is 9.49. The van der Waals surface area contributed by atoms with Crippen LogP contribution in [0.5, 0.6) is 0 Å². The first-order valence-corrected chi connectivity index (χ1v) is 12.5. The van der Waals surface area contributed by atoms with Gasteiger partial charge in [0, 0.05) is 40.5 Å². The van der Waals surface area contributed by atoms with Crippen molar-refractivity contribution in [2.24, 2.45) is 0 Å². The summed E-state index contributed by atoms with van der Waals surface area (Å²) in [7, 11) is -3.43. The molecule has 158 valence electrons. The van der Waals surface area contributed by atoms with Gasteiger partial charge in [-0.05, 0) is 47.9 Å². The van der Waals surface area contributed by atoms with Crippen LogP contribution in [-0.2, 0) is 29.5 Å². The number of aromatic amines is 1. The Kier molecular flexibility index (Phi) is 6.20. The van der Waals surface area contributed by atoms with E-state index < -0.39 is 10.0 Å². The van der Waals surface area contributed by atoms with Gasteiger partial charge in [-0.2, -0.15) is 4.31 Å². The fraction of sp³-hybridized carbons (Fsp3) is 0.286. The molecule has 0 bridgehead atoms. The number of halogens is 2. The van der Waals surface area contributed by atoms with Crippen molar-refractivity contribution in [1.82, 2.24) is 14.3 Å². The lowest BCUT2D eigenvalue weighted by atomic mass is 10.1. The SMILES string of the molecule is CS(=O)(=O)N1Cc2cc(Br)ccc2N(Cc2cnc[nH]2)C[C@H]1Cc1cccc(Cl)c1. The Balaban J connectivity index is 1.76. The molecule has 1 aliphatic heterocycles. The summed E-state index contributed by atoms with van der Waals surface area (Å²) < 4.78 is 28.1. The molecule has 1 aromatic heterocycles. The average molecular weight is 510 g/mol. The molecule has 0 aliphatic carbocycles. The second kappa shape index (κ2) is 8.70. The number of fused-ring (bicyclic) bond motifs is 1. The highest BCUT2D eigenvalue weighted by Gasteiger charge is 2.33. The van der Waals surface area contributed by atoms with Gasteiger partial charge in [0.25, 0.3) is 0 Å². The molecule has 0 saturated carbocycles. The molecule has 3 aromatic rings. The zero-order valence-electron chi connectivity index (χ0n) is 16.4. The van der Waals surface area contributed by atoms with Crippen LogP contribution < -0.4 is 4.90 Å². The topological polar surface area (TPSA) is 69.3 Å². The number of sulfonamides is 1. The maximum Gasteiger partial charge on any atom is 0.211 e. The first kappa shape index (κ1) is 21.4. The molecule has 9 heteroatoms. The van der Waals surface area contributed by atoms with Crippen molar-refractivity contribution in [2.45, 2.75) is 25.6 Å². The van der Waals surface area contributed by atoms with Gasteiger partial charge >= 0.3 is 0 Å². The average Bonchev–Trinajstić information content (AvgIpc) is 3.12. The highest BCUT2D eigenvalue weighted by Crippen LogP contribution is 2.33. The molecule has 1 atom stereocenters. The number of benzene rings is 2. The van der Waals surface area contributed by atoms with E-state index in [1.54, 1.807) is 16.8 Å². The summed E-state index contributed by atoms with van der Waals surface area (Å²) >= 11 is 9.70. The molecule has 2 heterocycles. The normalized spacial score (nSPS) is 17.6. The van der Waals surface area contributed by atoms with Crippen LogP contribution in [0.4, 0.5) is 5.69 Å². The van der Waals surface area contributed by atoms with Gasteiger partial charge in [-0.3, -0.25) is 0 Å². The van der Waals surface area contributed by atoms with Crippen LogP contribution >= 0.6 is 27.5 Å². The van der Waals surface area contributed by atoms with Crippen LogP contribution in [0.1, 0.15) is 16.8 Å². The maximum absolute atomic E-state index is 12.8. The van der Waals surface area contributed by atoms with Crippen LogP contribution in [-0.4, -0.2) is 41.5 Å². The van der Waals surface area contributed by atoms with E-state index in [1.807, 2.05) is 42.5 Å². The first-order valence-electron chi connectivity index (χ1n) is 9.51. The minimum absolute atomic E-state index is 0.243. The van der Waals surface area contributed by atoms with Crippen LogP contribution in [0.15, 0.2) is 59.5 Å². The summed E-state index contributed by atoms with van der Waals surface area (Å²) in [6, 6.07) is 13.4. The van der Waals surface area contributed by atoms with E-state index >= 15 is 0 Å². The minimum atomic E-state index is -3.43. The van der Waals surface area contributed by atoms with E-state index in [1.165, 1.54) is 6.26 Å². The molecule has 0 fully saturated rings. The first-order chi connectivity index (χ1) is 14.3. The monoisotopic (exact) mass is 508 g/mol. The number of nitrogens with zero attached hydrogens (tertiary/aromatic N) is 3. The largest absolute Gasteiger partial charge is 0.364 e. The van der Waals surface area contributed by atoms with Gasteiger partial charge in [0.05, 0.1) is 24.8 Å². The van der Waals surface area contributed by atoms with Gasteiger partial charge in [0.1, 0.15) is 0 Å². The molecule has 0 amide bonds. The lowest BCUT2D eigenvalue weighted by Crippen LogP contribution is -2.45. The quantitative estimate of drug-likeness (QED) is 0.559. The molecule has 0 radical (unpaired) electrons. The van der Waals surface area contributed by atoms with E-state index in [4.69, 9.17) is 11.6 Å². The van der Waals surface area contributed by atoms with E-state index in [-0.39, 0.29) is 6.04 Å². The zero-order valence-corrected chi connectivity index (χ0v) is 19.6. The molecule has 30 heavy (non-hydrogen) atoms. The number of aromatic nitrogens is 2. The fourth-order valence-corrected chi connectivity index (χ4v) is 5.62. The van der Waals surface area contributed by atoms with Gasteiger partial charge in [-0.25, -0.2) is 13.4 Å². The lowest BCUT2D eigenvalue weighted by Gasteiger charge is -2.31. The van der Waals surface area contributed by atoms with Gasteiger partial charge < -0.3 is 9.88 Å². The Bertz CT molecular complexity index is 1140. The highest BCUT2D eigenvalue weighted by molar-refractivity contribution is 9.10. The number of nitrogens with one attached hydrogen (secondary N) is 1. The predicted octanol–water partition coefficient (Wildman–Crippen LogP) is 4.22. The van der Waals surface area contributed by atoms with E-state index in [0.717, 1.165) is 27.0 Å². The molecule has 0 unspecified atom stereocenters. The third-order valence-corrected chi connectivity index (χ3v) is 7.26. The second-order valence-electron chi connectivity index (χ2n) is 7.53. The maximum atomic E-state index is 12.8. The Morgan fingerprint density at radius 3 is 2.80 bits per heavy atom. The number of anilines is 1. The van der Waals surface area contributed by atoms with Crippen LogP contribution in [0.2, 0.25) is 5.02 Å². The second-order valence-corrected chi connectivity index (χ2v) is 10.8. The molecular formula is C21H22BrClN4O2S. The van der Waals surface area contributed by atoms with Crippen molar-refractivity contribution < 1.29 is 8.42 Å². The molecule has 0 saturated heterocycles. The Morgan fingerprint density at radius 2 is 2.10 bits per heavy atom. The van der Waals surface area contributed by atoms with Crippen molar-refractivity contribution in [3.63, 3.8) is 0 Å². The van der Waals surface area contributed by atoms with Crippen LogP contribution in [0.3, 0.4) is 0 Å². The zero-order chi connectivity index (χ0) is 21.3. The number of hydrogen-bond donors (Lipinski definition) is 1. The number of rotatable bonds is 5. The Labute approximate surface area is 190 Å². The number of hydrogen-bond acceptors (Lipinski definition) is 4. The van der Waals surface area contributed by atoms with Crippen molar-refractivity contribution >= 4 is 43.2 Å². The molecule has 4 rings (SSSR count). The van der Waals surface area contributed by atoms with E-state index in [0.29, 0.717) is 31.1 Å². The number of H-pyrrole nitrogens is 1. The van der Waals surface area contributed by atoms with Crippen LogP contribution in [0.25, 0.3) is 0 Å². The third-order valence-electron chi connectivity index (χ3n) is 5.25. The Morgan fingerprint density at radius 1 is 1.27 bits per heavy atom. The van der Waals surface area contributed by atoms with Crippen LogP contribution in [0, 0.1) is 0 Å². The fourth-order valence-electron chi connectivity index (χ4n) is 3.95. The summed E-state index contributed by atoms with van der Waals surface area (Å²) in [5.41, 5.74) is 3.96. The predicted molar refractivity (Wildman–Crippen MR) is 123 cm³/mol. The molecule has 1 N–H and O–H groups in total. The summed E-state index contributed by atoms with van der Waals surface area (Å²) in [6.07, 6.45) is 5.30. The Hall–Kier alpha value is -1.87. The molecular weight excluding hydrogens is 488 g/mol. The van der Waals surface area contributed by atoms with E-state index in [9.17, 15) is 8.42 Å². The van der Waals surface area contributed by atoms with Gasteiger partial charge in [0.15, 0.2) is 0 Å². The molecule has 2 aromatic carbocycles. The third kappa shape index (κ3) is 4.88. The summed E-state index contributed by atoms with van der Waals surface area (Å²) in [5.74, 6) is 0. The van der Waals surface area contributed by atoms with Crippen molar-refractivity contribution in [2.75, 3.05) is 17.7 Å². The standard InChI is InChI=1S/C21H22BrClN4O2S/c1-30(28,29)27-11-16-9-17(22)5-6-21(16)26(12-19-10-24-14-25-19)13-20(27)8-15-3-2-4-18(23)7-15/h2-7,9-10,14,20H,8,11-13H2,1H3,(H,24,25)/t20-/m1/s1. The molecule has 6 nitrogen and oxygen atoms in total. The van der Waals surface area contributed by atoms with E-state index in [2.05, 4.69) is 30.8 Å². The lowest BCUT2D eigenvalue weighted by molar-refractivity contribution is 0.320. The summed E-state index contributed by atoms with van der Waals surface area (Å²) in [5, 5.41) is 0.647. The number of imidazole rings is 1. The smallest absolute Gasteiger partial charge is 0.211 e. The molecule has 1 aliphatic rings. The van der Waals surface area contributed by atoms with Gasteiger partial charge in [-0.15, -0.1) is 0 Å². The highest BCUT2D eigenvalue weighted by atomic mass is 79.9. The minimum Gasteiger partial charge on any atom is -0.364 e. The van der Waals surface area contributed by atoms with Crippen molar-refractivity contribution in [3.8, 4) is 0 Å². The van der Waals surface area contributed by atoms with Gasteiger partial charge in [0.2, 0.25) is 10.0 Å². The molecule has 0 spiro atoms. The van der Waals surface area contributed by atoms with Crippen molar-refractivity contribution in [3.05, 3.63) is 81.3 Å². The van der Waals surface area contributed by atoms with Crippen molar-refractivity contribution in [1.29, 1.82) is 0 Å². The van der Waals surface area contributed by atoms with Gasteiger partial charge in [-0.1, -0.05) is 39.7 Å². The summed E-state index contributed by atoms with van der Waals surface area (Å²) in [6.45, 7) is 1.48.